The van der Waals surface area contributed by atoms with Gasteiger partial charge in [-0.2, -0.15) is 5.26 Å². The van der Waals surface area contributed by atoms with Crippen molar-refractivity contribution < 1.29 is 9.53 Å². The molecule has 0 aromatic rings. The van der Waals surface area contributed by atoms with Crippen molar-refractivity contribution >= 4 is 23.2 Å². The fourth-order valence-corrected chi connectivity index (χ4v) is 2.32. The van der Waals surface area contributed by atoms with Crippen LogP contribution >= 0.6 is 12.2 Å². The third kappa shape index (κ3) is 1.95. The molecular formula is C10H14N2O2S. The molecule has 0 aliphatic carbocycles. The van der Waals surface area contributed by atoms with Crippen LogP contribution in [0, 0.1) is 16.7 Å². The van der Waals surface area contributed by atoms with Crippen LogP contribution in [0.15, 0.2) is 0 Å². The van der Waals surface area contributed by atoms with Gasteiger partial charge in [-0.1, -0.05) is 19.1 Å². The number of esters is 1. The van der Waals surface area contributed by atoms with Gasteiger partial charge in [0.05, 0.1) is 24.6 Å². The van der Waals surface area contributed by atoms with E-state index in [4.69, 9.17) is 17.5 Å². The van der Waals surface area contributed by atoms with Crippen LogP contribution in [0.4, 0.5) is 0 Å². The number of hydrogen-bond acceptors (Lipinski definition) is 4. The number of hydrogen-bond donors (Lipinski definition) is 1. The van der Waals surface area contributed by atoms with Gasteiger partial charge in [0.2, 0.25) is 0 Å². The lowest BCUT2D eigenvalue weighted by Crippen LogP contribution is -2.48. The summed E-state index contributed by atoms with van der Waals surface area (Å²) in [6.45, 7) is 3.63. The molecule has 82 valence electrons. The molecule has 2 atom stereocenters. The van der Waals surface area contributed by atoms with Crippen molar-refractivity contribution in [2.24, 2.45) is 5.41 Å². The minimum absolute atomic E-state index is 0.195. The van der Waals surface area contributed by atoms with Gasteiger partial charge in [0.25, 0.3) is 0 Å². The van der Waals surface area contributed by atoms with Crippen molar-refractivity contribution in [2.45, 2.75) is 32.2 Å². The Morgan fingerprint density at radius 1 is 1.73 bits per heavy atom. The van der Waals surface area contributed by atoms with Crippen LogP contribution in [0.3, 0.4) is 0 Å². The predicted octanol–water partition coefficient (Wildman–Crippen LogP) is 1.16. The third-order valence-electron chi connectivity index (χ3n) is 3.13. The number of nitriles is 1. The first-order valence-corrected chi connectivity index (χ1v) is 5.07. The molecule has 0 unspecified atom stereocenters. The molecular weight excluding hydrogens is 212 g/mol. The molecule has 1 rings (SSSR count). The molecule has 0 aromatic heterocycles. The minimum atomic E-state index is -0.793. The van der Waals surface area contributed by atoms with Gasteiger partial charge in [0.1, 0.15) is 5.54 Å². The molecule has 1 saturated heterocycles. The number of thiocarbonyl (C=S) groups is 1. The zero-order valence-corrected chi connectivity index (χ0v) is 9.90. The van der Waals surface area contributed by atoms with Gasteiger partial charge < -0.3 is 10.1 Å². The Bertz CT molecular complexity index is 350. The van der Waals surface area contributed by atoms with E-state index in [9.17, 15) is 4.79 Å². The highest BCUT2D eigenvalue weighted by Gasteiger charge is 2.52. The summed E-state index contributed by atoms with van der Waals surface area (Å²) in [5.41, 5.74) is -1.29. The van der Waals surface area contributed by atoms with Crippen molar-refractivity contribution in [2.75, 3.05) is 7.11 Å². The average Bonchev–Trinajstić information content (AvgIpc) is 2.37. The summed E-state index contributed by atoms with van der Waals surface area (Å²) in [7, 11) is 1.34. The predicted molar refractivity (Wildman–Crippen MR) is 59.1 cm³/mol. The molecule has 1 heterocycles. The standard InChI is InChI=1S/C10H14N2O2S/c1-9(5-8(13)14-3)4-7(15)12-10(9,2)6-11/h4-5H2,1-3H3,(H,12,15)/t9-,10-/m1/s1. The maximum absolute atomic E-state index is 11.3. The Hall–Kier alpha value is -1.15. The largest absolute Gasteiger partial charge is 0.469 e. The number of rotatable bonds is 2. The van der Waals surface area contributed by atoms with E-state index in [1.807, 2.05) is 6.92 Å². The lowest BCUT2D eigenvalue weighted by molar-refractivity contribution is -0.143. The van der Waals surface area contributed by atoms with Gasteiger partial charge >= 0.3 is 5.97 Å². The first-order valence-electron chi connectivity index (χ1n) is 4.66. The van der Waals surface area contributed by atoms with Crippen molar-refractivity contribution in [1.29, 1.82) is 5.26 Å². The molecule has 0 saturated carbocycles. The maximum Gasteiger partial charge on any atom is 0.306 e. The average molecular weight is 226 g/mol. The van der Waals surface area contributed by atoms with Crippen LogP contribution in [0.1, 0.15) is 26.7 Å². The summed E-state index contributed by atoms with van der Waals surface area (Å²) in [6.07, 6.45) is 0.738. The van der Waals surface area contributed by atoms with Gasteiger partial charge in [0, 0.05) is 11.8 Å². The Morgan fingerprint density at radius 3 is 2.80 bits per heavy atom. The molecule has 0 radical (unpaired) electrons. The van der Waals surface area contributed by atoms with Crippen molar-refractivity contribution in [3.05, 3.63) is 0 Å². The van der Waals surface area contributed by atoms with E-state index in [0.29, 0.717) is 11.4 Å². The summed E-state index contributed by atoms with van der Waals surface area (Å²) in [6, 6.07) is 2.18. The first-order chi connectivity index (χ1) is 6.87. The van der Waals surface area contributed by atoms with Crippen LogP contribution in [-0.4, -0.2) is 23.6 Å². The topological polar surface area (TPSA) is 62.1 Å². The van der Waals surface area contributed by atoms with Crippen LogP contribution in [0.5, 0.6) is 0 Å². The minimum Gasteiger partial charge on any atom is -0.469 e. The fourth-order valence-electron chi connectivity index (χ4n) is 1.80. The molecule has 5 heteroatoms. The van der Waals surface area contributed by atoms with E-state index in [-0.39, 0.29) is 12.4 Å². The van der Waals surface area contributed by atoms with E-state index in [1.165, 1.54) is 7.11 Å². The number of carbonyl (C=O) groups excluding carboxylic acids is 1. The second kappa shape index (κ2) is 3.78. The molecule has 0 bridgehead atoms. The Morgan fingerprint density at radius 2 is 2.33 bits per heavy atom. The van der Waals surface area contributed by atoms with Crippen molar-refractivity contribution in [1.82, 2.24) is 5.32 Å². The zero-order chi connectivity index (χ0) is 11.7. The molecule has 15 heavy (non-hydrogen) atoms. The normalized spacial score (nSPS) is 34.4. The summed E-state index contributed by atoms with van der Waals surface area (Å²) >= 11 is 5.06. The Kier molecular flexibility index (Phi) is 3.00. The Balaban J connectivity index is 2.96. The summed E-state index contributed by atoms with van der Waals surface area (Å²) in [5, 5.41) is 12.1. The van der Waals surface area contributed by atoms with Crippen molar-refractivity contribution in [3.8, 4) is 6.07 Å². The molecule has 1 fully saturated rings. The van der Waals surface area contributed by atoms with E-state index in [0.717, 1.165) is 0 Å². The SMILES string of the molecule is COC(=O)C[C@@]1(C)CC(=S)N[C@]1(C)C#N. The highest BCUT2D eigenvalue weighted by molar-refractivity contribution is 7.80. The molecule has 0 aromatic carbocycles. The molecule has 1 aliphatic heterocycles. The van der Waals surface area contributed by atoms with Gasteiger partial charge in [0.15, 0.2) is 0 Å². The third-order valence-corrected chi connectivity index (χ3v) is 3.38. The van der Waals surface area contributed by atoms with E-state index in [2.05, 4.69) is 16.1 Å². The molecule has 0 spiro atoms. The van der Waals surface area contributed by atoms with Crippen LogP contribution < -0.4 is 5.32 Å². The number of nitrogens with one attached hydrogen (secondary N) is 1. The monoisotopic (exact) mass is 226 g/mol. The zero-order valence-electron chi connectivity index (χ0n) is 9.09. The second-order valence-corrected chi connectivity index (χ2v) is 4.77. The lowest BCUT2D eigenvalue weighted by atomic mass is 9.71. The summed E-state index contributed by atoms with van der Waals surface area (Å²) in [4.78, 5) is 11.9. The van der Waals surface area contributed by atoms with E-state index in [1.54, 1.807) is 6.92 Å². The van der Waals surface area contributed by atoms with E-state index < -0.39 is 11.0 Å². The second-order valence-electron chi connectivity index (χ2n) is 4.28. The molecule has 4 nitrogen and oxygen atoms in total. The van der Waals surface area contributed by atoms with Gasteiger partial charge in [-0.15, -0.1) is 0 Å². The van der Waals surface area contributed by atoms with E-state index >= 15 is 0 Å². The highest BCUT2D eigenvalue weighted by atomic mass is 32.1. The van der Waals surface area contributed by atoms with Crippen LogP contribution in [-0.2, 0) is 9.53 Å². The smallest absolute Gasteiger partial charge is 0.306 e. The lowest BCUT2D eigenvalue weighted by Gasteiger charge is -2.33. The van der Waals surface area contributed by atoms with Crippen LogP contribution in [0.25, 0.3) is 0 Å². The number of nitrogens with zero attached hydrogens (tertiary/aromatic N) is 1. The van der Waals surface area contributed by atoms with Gasteiger partial charge in [-0.3, -0.25) is 4.79 Å². The highest BCUT2D eigenvalue weighted by Crippen LogP contribution is 2.43. The number of carbonyl (C=O) groups is 1. The molecule has 1 aliphatic rings. The van der Waals surface area contributed by atoms with Crippen LogP contribution in [0.2, 0.25) is 0 Å². The van der Waals surface area contributed by atoms with Crippen molar-refractivity contribution in [3.63, 3.8) is 0 Å². The molecule has 0 amide bonds. The quantitative estimate of drug-likeness (QED) is 0.565. The Labute approximate surface area is 94.6 Å². The first kappa shape index (κ1) is 11.9. The number of methoxy groups -OCH3 is 1. The maximum atomic E-state index is 11.3. The number of ether oxygens (including phenoxy) is 1. The summed E-state index contributed by atoms with van der Waals surface area (Å²) < 4.78 is 4.63. The molecule has 1 N–H and O–H groups in total. The van der Waals surface area contributed by atoms with Gasteiger partial charge in [-0.25, -0.2) is 0 Å². The van der Waals surface area contributed by atoms with Gasteiger partial charge in [-0.05, 0) is 6.92 Å². The fraction of sp³-hybridized carbons (Fsp3) is 0.700. The summed E-state index contributed by atoms with van der Waals surface area (Å²) in [5.74, 6) is -0.314.